The van der Waals surface area contributed by atoms with Gasteiger partial charge in [0, 0.05) is 24.4 Å². The van der Waals surface area contributed by atoms with Gasteiger partial charge in [0.25, 0.3) is 5.69 Å². The maximum atomic E-state index is 10.8. The Morgan fingerprint density at radius 3 is 2.48 bits per heavy atom. The Balaban J connectivity index is 2.09. The molecule has 2 aromatic rings. The molecule has 0 spiro atoms. The zero-order valence-corrected chi connectivity index (χ0v) is 13.2. The van der Waals surface area contributed by atoms with Gasteiger partial charge in [-0.05, 0) is 37.6 Å². The van der Waals surface area contributed by atoms with Crippen LogP contribution >= 0.6 is 0 Å². The summed E-state index contributed by atoms with van der Waals surface area (Å²) in [5.41, 5.74) is 1.77. The number of anilines is 1. The summed E-state index contributed by atoms with van der Waals surface area (Å²) < 4.78 is 11.1. The van der Waals surface area contributed by atoms with Crippen molar-refractivity contribution in [2.75, 3.05) is 18.5 Å². The molecule has 0 heterocycles. The highest BCUT2D eigenvalue weighted by Crippen LogP contribution is 2.29. The summed E-state index contributed by atoms with van der Waals surface area (Å²) in [5.74, 6) is 1.42. The number of ether oxygens (including phenoxy) is 2. The number of nitrogens with one attached hydrogen (secondary N) is 1. The van der Waals surface area contributed by atoms with Crippen molar-refractivity contribution in [1.82, 2.24) is 0 Å². The summed E-state index contributed by atoms with van der Waals surface area (Å²) in [6, 6.07) is 12.2. The SMILES string of the molecule is CCOc1ccc(CNc2cccc([N+](=O)[O-])c2)cc1OCC. The molecule has 2 rings (SSSR count). The molecule has 0 saturated carbocycles. The van der Waals surface area contributed by atoms with Gasteiger partial charge in [0.1, 0.15) is 0 Å². The minimum absolute atomic E-state index is 0.0664. The van der Waals surface area contributed by atoms with Crippen molar-refractivity contribution < 1.29 is 14.4 Å². The predicted octanol–water partition coefficient (Wildman–Crippen LogP) is 4.00. The van der Waals surface area contributed by atoms with Crippen molar-refractivity contribution in [3.63, 3.8) is 0 Å². The predicted molar refractivity (Wildman–Crippen MR) is 89.2 cm³/mol. The molecule has 122 valence electrons. The molecular weight excluding hydrogens is 296 g/mol. The van der Waals surface area contributed by atoms with E-state index in [-0.39, 0.29) is 5.69 Å². The molecule has 0 unspecified atom stereocenters. The molecule has 0 amide bonds. The Morgan fingerprint density at radius 2 is 1.78 bits per heavy atom. The fourth-order valence-electron chi connectivity index (χ4n) is 2.14. The Labute approximate surface area is 135 Å². The van der Waals surface area contributed by atoms with E-state index in [0.717, 1.165) is 5.56 Å². The van der Waals surface area contributed by atoms with Crippen molar-refractivity contribution in [3.05, 3.63) is 58.1 Å². The Kier molecular flexibility index (Phi) is 5.80. The summed E-state index contributed by atoms with van der Waals surface area (Å²) in [4.78, 5) is 10.4. The molecular formula is C17H20N2O4. The maximum absolute atomic E-state index is 10.8. The van der Waals surface area contributed by atoms with Gasteiger partial charge in [-0.25, -0.2) is 0 Å². The van der Waals surface area contributed by atoms with Gasteiger partial charge in [-0.15, -0.1) is 0 Å². The average molecular weight is 316 g/mol. The van der Waals surface area contributed by atoms with Gasteiger partial charge in [0.05, 0.1) is 18.1 Å². The number of benzene rings is 2. The normalized spacial score (nSPS) is 10.2. The first kappa shape index (κ1) is 16.6. The number of nitrogens with zero attached hydrogens (tertiary/aromatic N) is 1. The number of hydrogen-bond donors (Lipinski definition) is 1. The lowest BCUT2D eigenvalue weighted by atomic mass is 10.2. The van der Waals surface area contributed by atoms with Crippen molar-refractivity contribution in [1.29, 1.82) is 0 Å². The van der Waals surface area contributed by atoms with Crippen molar-refractivity contribution in [2.24, 2.45) is 0 Å². The first-order chi connectivity index (χ1) is 11.1. The summed E-state index contributed by atoms with van der Waals surface area (Å²) >= 11 is 0. The van der Waals surface area contributed by atoms with Crippen LogP contribution in [0, 0.1) is 10.1 Å². The molecule has 2 aromatic carbocycles. The second-order valence-corrected chi connectivity index (χ2v) is 4.81. The molecule has 0 radical (unpaired) electrons. The van der Waals surface area contributed by atoms with Crippen molar-refractivity contribution >= 4 is 11.4 Å². The molecule has 1 N–H and O–H groups in total. The zero-order chi connectivity index (χ0) is 16.7. The second kappa shape index (κ2) is 8.03. The first-order valence-electron chi connectivity index (χ1n) is 7.51. The minimum Gasteiger partial charge on any atom is -0.490 e. The fraction of sp³-hybridized carbons (Fsp3) is 0.294. The quantitative estimate of drug-likeness (QED) is 0.588. The third-order valence-corrected chi connectivity index (χ3v) is 3.16. The van der Waals surface area contributed by atoms with Gasteiger partial charge in [-0.1, -0.05) is 12.1 Å². The molecule has 0 bridgehead atoms. The van der Waals surface area contributed by atoms with E-state index >= 15 is 0 Å². The topological polar surface area (TPSA) is 73.6 Å². The molecule has 0 fully saturated rings. The molecule has 0 aliphatic rings. The fourth-order valence-corrected chi connectivity index (χ4v) is 2.14. The van der Waals surface area contributed by atoms with Crippen LogP contribution in [0.4, 0.5) is 11.4 Å². The Bertz CT molecular complexity index is 673. The molecule has 23 heavy (non-hydrogen) atoms. The van der Waals surface area contributed by atoms with E-state index in [0.29, 0.717) is 36.9 Å². The van der Waals surface area contributed by atoms with Crippen LogP contribution in [0.15, 0.2) is 42.5 Å². The van der Waals surface area contributed by atoms with Gasteiger partial charge in [0.2, 0.25) is 0 Å². The van der Waals surface area contributed by atoms with Crippen LogP contribution < -0.4 is 14.8 Å². The van der Waals surface area contributed by atoms with Gasteiger partial charge >= 0.3 is 0 Å². The highest BCUT2D eigenvalue weighted by molar-refractivity contribution is 5.52. The van der Waals surface area contributed by atoms with Crippen molar-refractivity contribution in [2.45, 2.75) is 20.4 Å². The van der Waals surface area contributed by atoms with E-state index in [1.165, 1.54) is 12.1 Å². The van der Waals surface area contributed by atoms with E-state index in [1.54, 1.807) is 12.1 Å². The zero-order valence-electron chi connectivity index (χ0n) is 13.2. The van der Waals surface area contributed by atoms with Crippen molar-refractivity contribution in [3.8, 4) is 11.5 Å². The third-order valence-electron chi connectivity index (χ3n) is 3.16. The lowest BCUT2D eigenvalue weighted by Gasteiger charge is -2.13. The number of nitro benzene ring substituents is 1. The van der Waals surface area contributed by atoms with Gasteiger partial charge in [-0.2, -0.15) is 0 Å². The third kappa shape index (κ3) is 4.60. The van der Waals surface area contributed by atoms with E-state index in [1.807, 2.05) is 32.0 Å². The summed E-state index contributed by atoms with van der Waals surface area (Å²) in [6.45, 7) is 5.51. The average Bonchev–Trinajstić information content (AvgIpc) is 2.55. The highest BCUT2D eigenvalue weighted by atomic mass is 16.6. The van der Waals surface area contributed by atoms with Crippen LogP contribution in [0.3, 0.4) is 0 Å². The van der Waals surface area contributed by atoms with E-state index in [4.69, 9.17) is 9.47 Å². The number of non-ortho nitro benzene ring substituents is 1. The van der Waals surface area contributed by atoms with Crippen LogP contribution in [0.2, 0.25) is 0 Å². The Hall–Kier alpha value is -2.76. The summed E-state index contributed by atoms with van der Waals surface area (Å²) in [7, 11) is 0. The monoisotopic (exact) mass is 316 g/mol. The number of rotatable bonds is 8. The van der Waals surface area contributed by atoms with Crippen LogP contribution in [0.25, 0.3) is 0 Å². The number of nitro groups is 1. The molecule has 6 nitrogen and oxygen atoms in total. The second-order valence-electron chi connectivity index (χ2n) is 4.81. The Morgan fingerprint density at radius 1 is 1.04 bits per heavy atom. The van der Waals surface area contributed by atoms with Gasteiger partial charge in [-0.3, -0.25) is 10.1 Å². The smallest absolute Gasteiger partial charge is 0.271 e. The molecule has 0 atom stereocenters. The summed E-state index contributed by atoms with van der Waals surface area (Å²) in [5, 5.41) is 14.0. The molecule has 0 aliphatic carbocycles. The largest absolute Gasteiger partial charge is 0.490 e. The van der Waals surface area contributed by atoms with E-state index < -0.39 is 4.92 Å². The molecule has 0 aromatic heterocycles. The first-order valence-corrected chi connectivity index (χ1v) is 7.51. The van der Waals surface area contributed by atoms with Crippen LogP contribution in [0.5, 0.6) is 11.5 Å². The number of hydrogen-bond acceptors (Lipinski definition) is 5. The molecule has 0 aliphatic heterocycles. The maximum Gasteiger partial charge on any atom is 0.271 e. The van der Waals surface area contributed by atoms with Crippen LogP contribution in [-0.2, 0) is 6.54 Å². The van der Waals surface area contributed by atoms with Crippen LogP contribution in [-0.4, -0.2) is 18.1 Å². The lowest BCUT2D eigenvalue weighted by Crippen LogP contribution is -2.03. The lowest BCUT2D eigenvalue weighted by molar-refractivity contribution is -0.384. The summed E-state index contributed by atoms with van der Waals surface area (Å²) in [6.07, 6.45) is 0. The minimum atomic E-state index is -0.407. The molecule has 6 heteroatoms. The van der Waals surface area contributed by atoms with E-state index in [9.17, 15) is 10.1 Å². The van der Waals surface area contributed by atoms with Gasteiger partial charge in [0.15, 0.2) is 11.5 Å². The van der Waals surface area contributed by atoms with Gasteiger partial charge < -0.3 is 14.8 Å². The highest BCUT2D eigenvalue weighted by Gasteiger charge is 2.08. The molecule has 0 saturated heterocycles. The van der Waals surface area contributed by atoms with E-state index in [2.05, 4.69) is 5.32 Å². The standard InChI is InChI=1S/C17H20N2O4/c1-3-22-16-9-8-13(10-17(16)23-4-2)12-18-14-6-5-7-15(11-14)19(20)21/h5-11,18H,3-4,12H2,1-2H3. The van der Waals surface area contributed by atoms with Crippen LogP contribution in [0.1, 0.15) is 19.4 Å².